The van der Waals surface area contributed by atoms with Gasteiger partial charge in [-0.1, -0.05) is 91.0 Å². The van der Waals surface area contributed by atoms with Crippen molar-refractivity contribution in [1.82, 2.24) is 4.57 Å². The highest BCUT2D eigenvalue weighted by atomic mass is 16.5. The quantitative estimate of drug-likeness (QED) is 0.198. The summed E-state index contributed by atoms with van der Waals surface area (Å²) in [6.45, 7) is 1.03. The zero-order chi connectivity index (χ0) is 28.2. The van der Waals surface area contributed by atoms with Crippen molar-refractivity contribution in [3.8, 4) is 23.0 Å². The number of phenolic OH excluding ortho intramolecular Hbond substituents is 1. The van der Waals surface area contributed by atoms with Crippen LogP contribution in [0.1, 0.15) is 16.7 Å². The van der Waals surface area contributed by atoms with E-state index in [9.17, 15) is 9.90 Å². The molecule has 6 rings (SSSR count). The smallest absolute Gasteiger partial charge is 0.201 e. The summed E-state index contributed by atoms with van der Waals surface area (Å²) in [6, 6.07) is 36.5. The van der Waals surface area contributed by atoms with Gasteiger partial charge in [0.05, 0.1) is 28.9 Å². The normalized spacial score (nSPS) is 11.0. The number of aromatic hydroxyl groups is 1. The van der Waals surface area contributed by atoms with Crippen molar-refractivity contribution in [3.05, 3.63) is 142 Å². The van der Waals surface area contributed by atoms with Crippen LogP contribution >= 0.6 is 0 Å². The zero-order valence-corrected chi connectivity index (χ0v) is 22.6. The summed E-state index contributed by atoms with van der Waals surface area (Å²) in [5, 5.41) is 11.6. The Hall–Kier alpha value is -5.23. The standard InChI is InChI=1S/C35H29NO5/c1-39-27-19-29-32(30(37)20-27)34(38)28-17-18-31(40-22-25-13-7-3-8-14-25)35(41-23-26-15-9-4-10-16-26)33(28)36(29)21-24-11-5-2-6-12-24/h2-20,37H,21-23H2,1H3. The van der Waals surface area contributed by atoms with Crippen molar-refractivity contribution >= 4 is 21.8 Å². The monoisotopic (exact) mass is 543 g/mol. The second-order valence-corrected chi connectivity index (χ2v) is 9.78. The molecule has 1 N–H and O–H groups in total. The molecule has 6 nitrogen and oxygen atoms in total. The molecule has 0 bridgehead atoms. The number of aromatic nitrogens is 1. The first-order valence-electron chi connectivity index (χ1n) is 13.4. The van der Waals surface area contributed by atoms with E-state index in [-0.39, 0.29) is 23.2 Å². The molecule has 0 atom stereocenters. The summed E-state index contributed by atoms with van der Waals surface area (Å²) in [7, 11) is 1.53. The van der Waals surface area contributed by atoms with E-state index in [4.69, 9.17) is 14.2 Å². The summed E-state index contributed by atoms with van der Waals surface area (Å²) >= 11 is 0. The van der Waals surface area contributed by atoms with Crippen LogP contribution in [0.25, 0.3) is 21.8 Å². The van der Waals surface area contributed by atoms with Gasteiger partial charge in [0.25, 0.3) is 0 Å². The van der Waals surface area contributed by atoms with Gasteiger partial charge in [-0.25, -0.2) is 0 Å². The van der Waals surface area contributed by atoms with Gasteiger partial charge < -0.3 is 23.9 Å². The van der Waals surface area contributed by atoms with Gasteiger partial charge in [0.2, 0.25) is 5.43 Å². The van der Waals surface area contributed by atoms with Gasteiger partial charge in [0.1, 0.15) is 24.7 Å². The average Bonchev–Trinajstić information content (AvgIpc) is 3.02. The summed E-state index contributed by atoms with van der Waals surface area (Å²) in [5.74, 6) is 1.28. The van der Waals surface area contributed by atoms with E-state index < -0.39 is 0 Å². The first kappa shape index (κ1) is 26.0. The maximum atomic E-state index is 13.9. The molecule has 0 aliphatic heterocycles. The lowest BCUT2D eigenvalue weighted by Gasteiger charge is -2.21. The molecule has 6 heteroatoms. The van der Waals surface area contributed by atoms with Crippen molar-refractivity contribution in [3.63, 3.8) is 0 Å². The van der Waals surface area contributed by atoms with Crippen LogP contribution in [0.3, 0.4) is 0 Å². The Morgan fingerprint density at radius 3 is 1.90 bits per heavy atom. The average molecular weight is 544 g/mol. The molecule has 0 aliphatic carbocycles. The highest BCUT2D eigenvalue weighted by Gasteiger charge is 2.22. The van der Waals surface area contributed by atoms with Crippen molar-refractivity contribution in [2.75, 3.05) is 7.11 Å². The molecule has 0 saturated heterocycles. The molecule has 0 unspecified atom stereocenters. The lowest BCUT2D eigenvalue weighted by Crippen LogP contribution is -2.14. The summed E-state index contributed by atoms with van der Waals surface area (Å²) in [4.78, 5) is 13.9. The first-order valence-corrected chi connectivity index (χ1v) is 13.4. The van der Waals surface area contributed by atoms with E-state index in [2.05, 4.69) is 0 Å². The van der Waals surface area contributed by atoms with Crippen LogP contribution in [0.15, 0.2) is 120 Å². The molecule has 1 aromatic heterocycles. The SMILES string of the molecule is COc1cc(O)c2c(=O)c3ccc(OCc4ccccc4)c(OCc4ccccc4)c3n(Cc3ccccc3)c2c1. The molecule has 204 valence electrons. The molecule has 0 radical (unpaired) electrons. The highest BCUT2D eigenvalue weighted by Crippen LogP contribution is 2.40. The third-order valence-electron chi connectivity index (χ3n) is 7.08. The molecule has 0 spiro atoms. The summed E-state index contributed by atoms with van der Waals surface area (Å²) < 4.78 is 20.3. The summed E-state index contributed by atoms with van der Waals surface area (Å²) in [6.07, 6.45) is 0. The summed E-state index contributed by atoms with van der Waals surface area (Å²) in [5.41, 5.74) is 3.84. The van der Waals surface area contributed by atoms with Crippen molar-refractivity contribution in [1.29, 1.82) is 0 Å². The van der Waals surface area contributed by atoms with Crippen LogP contribution in [0.5, 0.6) is 23.0 Å². The van der Waals surface area contributed by atoms with Gasteiger partial charge >= 0.3 is 0 Å². The Kier molecular flexibility index (Phi) is 7.28. The van der Waals surface area contributed by atoms with Crippen LogP contribution in [0, 0.1) is 0 Å². The van der Waals surface area contributed by atoms with Gasteiger partial charge in [0, 0.05) is 18.7 Å². The minimum atomic E-state index is -0.293. The number of methoxy groups -OCH3 is 1. The van der Waals surface area contributed by atoms with Crippen molar-refractivity contribution in [2.24, 2.45) is 0 Å². The predicted octanol–water partition coefficient (Wildman–Crippen LogP) is 7.08. The lowest BCUT2D eigenvalue weighted by molar-refractivity contribution is 0.258. The Bertz CT molecular complexity index is 1870. The van der Waals surface area contributed by atoms with Crippen LogP contribution in [-0.4, -0.2) is 16.8 Å². The minimum absolute atomic E-state index is 0.135. The van der Waals surface area contributed by atoms with E-state index in [0.29, 0.717) is 46.8 Å². The molecule has 41 heavy (non-hydrogen) atoms. The maximum absolute atomic E-state index is 13.9. The second-order valence-electron chi connectivity index (χ2n) is 9.78. The number of rotatable bonds is 9. The van der Waals surface area contributed by atoms with Crippen molar-refractivity contribution < 1.29 is 19.3 Å². The fraction of sp³-hybridized carbons (Fsp3) is 0.114. The van der Waals surface area contributed by atoms with E-state index >= 15 is 0 Å². The number of pyridine rings is 1. The number of hydrogen-bond donors (Lipinski definition) is 1. The maximum Gasteiger partial charge on any atom is 0.201 e. The van der Waals surface area contributed by atoms with E-state index in [1.165, 1.54) is 13.2 Å². The largest absolute Gasteiger partial charge is 0.507 e. The molecule has 5 aromatic carbocycles. The lowest BCUT2D eigenvalue weighted by atomic mass is 10.1. The topological polar surface area (TPSA) is 69.9 Å². The Morgan fingerprint density at radius 2 is 1.29 bits per heavy atom. The van der Waals surface area contributed by atoms with E-state index in [1.54, 1.807) is 18.2 Å². The molecule has 0 saturated carbocycles. The highest BCUT2D eigenvalue weighted by molar-refractivity contribution is 6.00. The molecule has 0 aliphatic rings. The molecule has 6 aromatic rings. The number of hydrogen-bond acceptors (Lipinski definition) is 5. The molecular weight excluding hydrogens is 514 g/mol. The van der Waals surface area contributed by atoms with Crippen LogP contribution in [0.2, 0.25) is 0 Å². The molecule has 1 heterocycles. The fourth-order valence-electron chi connectivity index (χ4n) is 5.06. The number of fused-ring (bicyclic) bond motifs is 2. The first-order chi connectivity index (χ1) is 20.1. The van der Waals surface area contributed by atoms with E-state index in [1.807, 2.05) is 95.6 Å². The molecular formula is C35H29NO5. The van der Waals surface area contributed by atoms with Crippen LogP contribution in [0.4, 0.5) is 0 Å². The Labute approximate surface area is 237 Å². The van der Waals surface area contributed by atoms with Gasteiger partial charge in [-0.05, 0) is 28.8 Å². The zero-order valence-electron chi connectivity index (χ0n) is 22.6. The molecule has 0 amide bonds. The number of ether oxygens (including phenoxy) is 3. The third-order valence-corrected chi connectivity index (χ3v) is 7.08. The second kappa shape index (κ2) is 11.5. The minimum Gasteiger partial charge on any atom is -0.507 e. The van der Waals surface area contributed by atoms with Gasteiger partial charge in [-0.2, -0.15) is 0 Å². The predicted molar refractivity (Wildman–Crippen MR) is 161 cm³/mol. The van der Waals surface area contributed by atoms with Crippen LogP contribution < -0.4 is 19.6 Å². The van der Waals surface area contributed by atoms with E-state index in [0.717, 1.165) is 16.7 Å². The van der Waals surface area contributed by atoms with Gasteiger partial charge in [-0.15, -0.1) is 0 Å². The third kappa shape index (κ3) is 5.32. The number of phenols is 1. The van der Waals surface area contributed by atoms with Crippen LogP contribution in [-0.2, 0) is 19.8 Å². The Balaban J connectivity index is 1.61. The fourth-order valence-corrected chi connectivity index (χ4v) is 5.06. The number of benzene rings is 5. The molecule has 0 fully saturated rings. The number of nitrogens with zero attached hydrogens (tertiary/aromatic N) is 1. The van der Waals surface area contributed by atoms with Gasteiger partial charge in [0.15, 0.2) is 11.5 Å². The van der Waals surface area contributed by atoms with Crippen molar-refractivity contribution in [2.45, 2.75) is 19.8 Å². The Morgan fingerprint density at radius 1 is 0.707 bits per heavy atom. The van der Waals surface area contributed by atoms with Gasteiger partial charge in [-0.3, -0.25) is 4.79 Å².